The van der Waals surface area contributed by atoms with Crippen molar-refractivity contribution in [3.63, 3.8) is 0 Å². The van der Waals surface area contributed by atoms with Gasteiger partial charge in [0.1, 0.15) is 11.9 Å². The van der Waals surface area contributed by atoms with Crippen molar-refractivity contribution >= 4 is 28.5 Å². The molecule has 7 atom stereocenters. The summed E-state index contributed by atoms with van der Waals surface area (Å²) in [5, 5.41) is 2.64. The first-order valence-electron chi connectivity index (χ1n) is 15.6. The van der Waals surface area contributed by atoms with E-state index in [-0.39, 0.29) is 53.5 Å². The summed E-state index contributed by atoms with van der Waals surface area (Å²) in [5.74, 6) is -0.384. The number of aromatic nitrogens is 1. The van der Waals surface area contributed by atoms with Crippen molar-refractivity contribution in [1.82, 2.24) is 10.3 Å². The Kier molecular flexibility index (Phi) is 7.75. The number of cyclic esters (lactones) is 1. The lowest BCUT2D eigenvalue weighted by atomic mass is 9.57. The number of rotatable bonds is 5. The van der Waals surface area contributed by atoms with E-state index in [1.165, 1.54) is 12.1 Å². The quantitative estimate of drug-likeness (QED) is 0.321. The van der Waals surface area contributed by atoms with Gasteiger partial charge in [-0.15, -0.1) is 0 Å². The summed E-state index contributed by atoms with van der Waals surface area (Å²) in [6.07, 6.45) is 7.00. The van der Waals surface area contributed by atoms with Crippen molar-refractivity contribution in [2.45, 2.75) is 51.6 Å². The van der Waals surface area contributed by atoms with Gasteiger partial charge in [0.15, 0.2) is 0 Å². The van der Waals surface area contributed by atoms with Gasteiger partial charge in [0.05, 0.1) is 20.9 Å². The summed E-state index contributed by atoms with van der Waals surface area (Å²) in [7, 11) is -4.67. The van der Waals surface area contributed by atoms with Crippen LogP contribution in [0, 0.1) is 35.4 Å². The van der Waals surface area contributed by atoms with E-state index in [9.17, 15) is 14.0 Å². The number of carbonyl (C=O) groups is 2. The van der Waals surface area contributed by atoms with E-state index in [0.717, 1.165) is 23.2 Å². The van der Waals surface area contributed by atoms with Gasteiger partial charge < -0.3 is 14.8 Å². The van der Waals surface area contributed by atoms with Gasteiger partial charge in [-0.05, 0) is 87.1 Å². The van der Waals surface area contributed by atoms with E-state index >= 15 is 0 Å². The molecule has 0 unspecified atom stereocenters. The van der Waals surface area contributed by atoms with E-state index in [1.54, 1.807) is 12.3 Å². The van der Waals surface area contributed by atoms with E-state index in [4.69, 9.17) is 29.1 Å². The summed E-state index contributed by atoms with van der Waals surface area (Å²) in [5.41, 5.74) is 2.28. The molecule has 1 aliphatic heterocycles. The molecule has 0 bridgehead atoms. The summed E-state index contributed by atoms with van der Waals surface area (Å²) in [6, 6.07) is 9.77. The van der Waals surface area contributed by atoms with Crippen LogP contribution in [0.2, 0.25) is 0 Å². The molecule has 5 rings (SSSR count). The molecule has 1 saturated heterocycles. The van der Waals surface area contributed by atoms with E-state index < -0.39 is 29.9 Å². The highest BCUT2D eigenvalue weighted by atomic mass is 32.3. The number of esters is 1. The molecule has 1 aromatic carbocycles. The number of nitrogens with one attached hydrogen (secondary N) is 1. The molecule has 1 aromatic heterocycles. The van der Waals surface area contributed by atoms with Crippen molar-refractivity contribution in [3.8, 4) is 11.1 Å². The van der Waals surface area contributed by atoms with E-state index in [2.05, 4.69) is 21.1 Å². The van der Waals surface area contributed by atoms with Crippen LogP contribution in [0.4, 0.5) is 9.18 Å². The lowest BCUT2D eigenvalue weighted by Gasteiger charge is -2.47. The number of ether oxygens (including phenoxy) is 2. The number of halogens is 1. The van der Waals surface area contributed by atoms with Crippen molar-refractivity contribution < 1.29 is 47.8 Å². The number of amides is 1. The zero-order chi connectivity index (χ0) is 34.0. The fourth-order valence-corrected chi connectivity index (χ4v) is 6.54. The molecule has 2 saturated carbocycles. The molecule has 12 heteroatoms. The third-order valence-electron chi connectivity index (χ3n) is 8.05. The Labute approximate surface area is 245 Å². The Hall–Kier alpha value is -3.35. The number of carbonyl (C=O) groups excluding carboxylic acids is 2. The van der Waals surface area contributed by atoms with Crippen LogP contribution in [0.1, 0.15) is 52.0 Å². The van der Waals surface area contributed by atoms with Gasteiger partial charge in [-0.3, -0.25) is 18.9 Å². The predicted molar refractivity (Wildman–Crippen MR) is 148 cm³/mol. The molecule has 0 spiro atoms. The van der Waals surface area contributed by atoms with Gasteiger partial charge in [-0.1, -0.05) is 24.3 Å². The number of hydrogen-bond donors (Lipinski definition) is 3. The second kappa shape index (κ2) is 13.1. The Bertz CT molecular complexity index is 1550. The minimum Gasteiger partial charge on any atom is -0.462 e. The molecule has 10 nitrogen and oxygen atoms in total. The van der Waals surface area contributed by atoms with Crippen LogP contribution in [0.3, 0.4) is 0 Å². The highest BCUT2D eigenvalue weighted by Gasteiger charge is 2.54. The minimum atomic E-state index is -4.67. The Morgan fingerprint density at radius 2 is 2.05 bits per heavy atom. The van der Waals surface area contributed by atoms with Gasteiger partial charge >= 0.3 is 22.5 Å². The van der Waals surface area contributed by atoms with Crippen molar-refractivity contribution in [3.05, 3.63) is 60.2 Å². The highest BCUT2D eigenvalue weighted by molar-refractivity contribution is 7.79. The molecule has 2 heterocycles. The predicted octanol–water partition coefficient (Wildman–Crippen LogP) is 4.98. The second-order valence-corrected chi connectivity index (χ2v) is 11.4. The smallest absolute Gasteiger partial charge is 0.407 e. The lowest BCUT2D eigenvalue weighted by Crippen LogP contribution is -2.48. The molecule has 0 radical (unpaired) electrons. The molecule has 1 amide bonds. The molecule has 3 aliphatic rings. The largest absolute Gasteiger partial charge is 0.462 e. The molecule has 3 N–H and O–H groups in total. The molecular formula is C29H35FN2O8S. The Morgan fingerprint density at radius 1 is 1.27 bits per heavy atom. The number of benzene rings is 1. The summed E-state index contributed by atoms with van der Waals surface area (Å²) in [6.45, 7) is -4.28. The van der Waals surface area contributed by atoms with Crippen molar-refractivity contribution in [1.29, 1.82) is 0 Å². The maximum atomic E-state index is 13.6. The summed E-state index contributed by atoms with van der Waals surface area (Å²) in [4.78, 5) is 29.6. The third kappa shape index (κ3) is 8.11. The second-order valence-electron chi connectivity index (χ2n) is 10.5. The topological polar surface area (TPSA) is 152 Å². The van der Waals surface area contributed by atoms with Crippen molar-refractivity contribution in [2.75, 3.05) is 6.56 Å². The van der Waals surface area contributed by atoms with Crippen LogP contribution in [0.25, 0.3) is 17.2 Å². The Balaban J connectivity index is 0.000000892. The van der Waals surface area contributed by atoms with E-state index in [1.807, 2.05) is 31.2 Å². The first-order valence-corrected chi connectivity index (χ1v) is 14.5. The molecule has 3 fully saturated rings. The zero-order valence-electron chi connectivity index (χ0n) is 27.1. The first kappa shape index (κ1) is 24.3. The zero-order valence-corrected chi connectivity index (χ0v) is 23.0. The molecule has 41 heavy (non-hydrogen) atoms. The van der Waals surface area contributed by atoms with E-state index in [0.29, 0.717) is 19.3 Å². The van der Waals surface area contributed by atoms with Crippen LogP contribution in [-0.2, 0) is 24.7 Å². The van der Waals surface area contributed by atoms with Gasteiger partial charge in [0.25, 0.3) is 0 Å². The number of fused-ring (bicyclic) bond motifs is 2. The maximum absolute atomic E-state index is 13.6. The van der Waals surface area contributed by atoms with Crippen LogP contribution >= 0.6 is 0 Å². The molecule has 2 aliphatic carbocycles. The van der Waals surface area contributed by atoms with Gasteiger partial charge in [-0.2, -0.15) is 8.42 Å². The van der Waals surface area contributed by atoms with Crippen LogP contribution in [0.15, 0.2) is 48.7 Å². The number of pyridine rings is 1. The van der Waals surface area contributed by atoms with Crippen LogP contribution in [-0.4, -0.2) is 53.3 Å². The molecule has 2 aromatic rings. The normalized spacial score (nSPS) is 31.5. The van der Waals surface area contributed by atoms with Gasteiger partial charge in [0, 0.05) is 27.8 Å². The fraction of sp³-hybridized carbons (Fsp3) is 0.483. The van der Waals surface area contributed by atoms with Crippen LogP contribution < -0.4 is 5.32 Å². The van der Waals surface area contributed by atoms with Gasteiger partial charge in [0.2, 0.25) is 0 Å². The Morgan fingerprint density at radius 3 is 2.73 bits per heavy atom. The fourth-order valence-electron chi connectivity index (χ4n) is 6.54. The number of nitrogens with zero attached hydrogens (tertiary/aromatic N) is 1. The monoisotopic (exact) mass is 595 g/mol. The van der Waals surface area contributed by atoms with Gasteiger partial charge in [-0.25, -0.2) is 9.18 Å². The third-order valence-corrected chi connectivity index (χ3v) is 8.05. The average molecular weight is 596 g/mol. The molecule has 222 valence electrons. The number of alkyl carbamates (subject to hydrolysis) is 1. The maximum Gasteiger partial charge on any atom is 0.407 e. The first-order chi connectivity index (χ1) is 21.3. The minimum absolute atomic E-state index is 0.0209. The standard InChI is InChI=1S/C29H33FN2O4.H2O4S/c1-3-35-29(34)32-23-10-11-24-20(14-23)15-26-27(17(2)36-28(26)33)25(24)12-9-22-8-7-19(16-31-22)18-5-4-6-21(30)13-18;1-5(2,3)4/h4-9,12-13,16-17,20,23-27H,3,10-11,14-15H2,1-2H3,(H,32,34);(H2,1,2,3,4)/b12-9+;/t17-,20+,23-,24-,25+,26-,27+;/m0./s1/i1D3,3D2;. The summed E-state index contributed by atoms with van der Waals surface area (Å²) < 4.78 is 92.3. The average Bonchev–Trinajstić information content (AvgIpc) is 3.22. The lowest BCUT2D eigenvalue weighted by molar-refractivity contribution is -0.144. The van der Waals surface area contributed by atoms with Crippen LogP contribution in [0.5, 0.6) is 0 Å². The molecular weight excluding hydrogens is 555 g/mol. The highest BCUT2D eigenvalue weighted by Crippen LogP contribution is 2.53. The summed E-state index contributed by atoms with van der Waals surface area (Å²) >= 11 is 0. The number of hydrogen-bond acceptors (Lipinski definition) is 7. The SMILES string of the molecule is O=S(=O)(O)O.[2H]C([2H])([2H])C([2H])([2H])OC(=O)N[C@H]1CC[C@H]2[C@H](C1)C[C@@H]1C(=O)O[C@@H](C)[C@@H]1[C@@H]2/C=C/c1ccc(-c2cccc(F)c2)cn1. The van der Waals surface area contributed by atoms with Crippen molar-refractivity contribution in [2.24, 2.45) is 29.6 Å². The number of allylic oxidation sites excluding steroid dienone is 1.